The molecule has 0 atom stereocenters. The van der Waals surface area contributed by atoms with Crippen molar-refractivity contribution in [1.82, 2.24) is 20.6 Å². The van der Waals surface area contributed by atoms with Crippen LogP contribution >= 0.6 is 0 Å². The second-order valence-electron chi connectivity index (χ2n) is 7.40. The summed E-state index contributed by atoms with van der Waals surface area (Å²) >= 11 is 0. The summed E-state index contributed by atoms with van der Waals surface area (Å²) < 4.78 is 33.1. The Kier molecular flexibility index (Phi) is 6.59. The molecule has 0 saturated carbocycles. The topological polar surface area (TPSA) is 147 Å². The van der Waals surface area contributed by atoms with Crippen molar-refractivity contribution < 1.29 is 22.9 Å². The fourth-order valence-electron chi connectivity index (χ4n) is 3.28. The van der Waals surface area contributed by atoms with Crippen LogP contribution in [-0.4, -0.2) is 34.7 Å². The van der Waals surface area contributed by atoms with Gasteiger partial charge in [-0.25, -0.2) is 18.9 Å². The fourth-order valence-corrected chi connectivity index (χ4v) is 4.60. The summed E-state index contributed by atoms with van der Waals surface area (Å²) in [6, 6.07) is 13.3. The summed E-state index contributed by atoms with van der Waals surface area (Å²) in [7, 11) is -4.11. The third-order valence-corrected chi connectivity index (χ3v) is 6.46. The molecule has 3 N–H and O–H groups in total. The van der Waals surface area contributed by atoms with Crippen LogP contribution in [-0.2, 0) is 10.0 Å². The molecule has 176 valence electrons. The molecule has 3 aromatic heterocycles. The van der Waals surface area contributed by atoms with Gasteiger partial charge in [-0.3, -0.25) is 19.7 Å². The lowest BCUT2D eigenvalue weighted by Crippen LogP contribution is -2.20. The molecule has 0 aliphatic heterocycles. The summed E-state index contributed by atoms with van der Waals surface area (Å²) in [5, 5.41) is 12.8. The molecule has 4 aromatic rings. The first-order valence-corrected chi connectivity index (χ1v) is 11.7. The van der Waals surface area contributed by atoms with Gasteiger partial charge < -0.3 is 4.52 Å². The number of aromatic nitrogens is 3. The predicted octanol–water partition coefficient (Wildman–Crippen LogP) is 3.07. The fraction of sp³-hybridized carbons (Fsp3) is 0.0833. The largest absolute Gasteiger partial charge is 0.360 e. The van der Waals surface area contributed by atoms with E-state index in [1.807, 2.05) is 6.07 Å². The van der Waals surface area contributed by atoms with Gasteiger partial charge in [-0.2, -0.15) is 0 Å². The van der Waals surface area contributed by atoms with Crippen molar-refractivity contribution in [2.45, 2.75) is 18.7 Å². The van der Waals surface area contributed by atoms with Gasteiger partial charge in [-0.15, -0.1) is 0 Å². The van der Waals surface area contributed by atoms with E-state index in [-0.39, 0.29) is 27.7 Å². The van der Waals surface area contributed by atoms with Crippen LogP contribution in [0.5, 0.6) is 0 Å². The molecule has 0 aliphatic rings. The van der Waals surface area contributed by atoms with Crippen LogP contribution in [0.1, 0.15) is 32.9 Å². The van der Waals surface area contributed by atoms with Gasteiger partial charge in [0.15, 0.2) is 10.7 Å². The summed E-state index contributed by atoms with van der Waals surface area (Å²) in [4.78, 5) is 20.4. The first kappa shape index (κ1) is 23.6. The number of hydrogen-bond donors (Lipinski definition) is 3. The SMILES string of the molecule is Cc1noc(C)c1S(=O)(=O)Nc1cc(C(=O)NO)cc(-c2ccc(C#Cc3cccnc3)cc2)n1. The molecule has 1 amide bonds. The summed E-state index contributed by atoms with van der Waals surface area (Å²) in [6.07, 6.45) is 3.33. The van der Waals surface area contributed by atoms with E-state index in [9.17, 15) is 13.2 Å². The highest BCUT2D eigenvalue weighted by molar-refractivity contribution is 7.92. The molecule has 0 fully saturated rings. The molecule has 35 heavy (non-hydrogen) atoms. The van der Waals surface area contributed by atoms with E-state index >= 15 is 0 Å². The quantitative estimate of drug-likeness (QED) is 0.220. The molecule has 4 rings (SSSR count). The van der Waals surface area contributed by atoms with Crippen molar-refractivity contribution in [3.05, 3.63) is 89.1 Å². The van der Waals surface area contributed by atoms with Gasteiger partial charge in [-0.1, -0.05) is 29.1 Å². The van der Waals surface area contributed by atoms with Gasteiger partial charge in [0, 0.05) is 34.6 Å². The number of sulfonamides is 1. The summed E-state index contributed by atoms with van der Waals surface area (Å²) in [5.41, 5.74) is 4.13. The van der Waals surface area contributed by atoms with Crippen LogP contribution in [0.25, 0.3) is 11.3 Å². The lowest BCUT2D eigenvalue weighted by atomic mass is 10.1. The molecule has 0 bridgehead atoms. The van der Waals surface area contributed by atoms with Crippen molar-refractivity contribution in [3.8, 4) is 23.1 Å². The number of carbonyl (C=O) groups is 1. The zero-order valence-electron chi connectivity index (χ0n) is 18.6. The number of amides is 1. The number of anilines is 1. The van der Waals surface area contributed by atoms with E-state index < -0.39 is 15.9 Å². The Morgan fingerprint density at radius 1 is 1.06 bits per heavy atom. The maximum Gasteiger partial charge on any atom is 0.274 e. The molecule has 3 heterocycles. The van der Waals surface area contributed by atoms with Gasteiger partial charge in [0.1, 0.15) is 11.5 Å². The third kappa shape index (κ3) is 5.35. The van der Waals surface area contributed by atoms with Gasteiger partial charge in [0.2, 0.25) is 0 Å². The van der Waals surface area contributed by atoms with Gasteiger partial charge in [0.25, 0.3) is 15.9 Å². The monoisotopic (exact) mass is 489 g/mol. The second kappa shape index (κ2) is 9.76. The highest BCUT2D eigenvalue weighted by atomic mass is 32.2. The van der Waals surface area contributed by atoms with E-state index in [1.165, 1.54) is 26.0 Å². The average molecular weight is 490 g/mol. The van der Waals surface area contributed by atoms with Crippen LogP contribution in [0, 0.1) is 25.7 Å². The number of nitrogens with one attached hydrogen (secondary N) is 2. The Morgan fingerprint density at radius 2 is 1.80 bits per heavy atom. The zero-order chi connectivity index (χ0) is 25.0. The van der Waals surface area contributed by atoms with Crippen molar-refractivity contribution in [2.75, 3.05) is 4.72 Å². The number of hydroxylamine groups is 1. The molecule has 0 aliphatic carbocycles. The van der Waals surface area contributed by atoms with E-state index in [0.717, 1.165) is 11.1 Å². The summed E-state index contributed by atoms with van der Waals surface area (Å²) in [5.74, 6) is 5.21. The van der Waals surface area contributed by atoms with Crippen LogP contribution in [0.4, 0.5) is 5.82 Å². The lowest BCUT2D eigenvalue weighted by Gasteiger charge is -2.11. The Balaban J connectivity index is 1.68. The number of pyridine rings is 2. The molecule has 0 radical (unpaired) electrons. The smallest absolute Gasteiger partial charge is 0.274 e. The Bertz CT molecular complexity index is 1530. The van der Waals surface area contributed by atoms with Crippen molar-refractivity contribution >= 4 is 21.7 Å². The van der Waals surface area contributed by atoms with Crippen molar-refractivity contribution in [1.29, 1.82) is 0 Å². The van der Waals surface area contributed by atoms with E-state index in [4.69, 9.17) is 9.73 Å². The summed E-state index contributed by atoms with van der Waals surface area (Å²) in [6.45, 7) is 2.97. The first-order chi connectivity index (χ1) is 16.8. The molecule has 11 heteroatoms. The average Bonchev–Trinajstić information content (AvgIpc) is 3.21. The molecule has 10 nitrogen and oxygen atoms in total. The van der Waals surface area contributed by atoms with E-state index in [2.05, 4.69) is 31.7 Å². The number of aryl methyl sites for hydroxylation is 2. The Morgan fingerprint density at radius 3 is 2.43 bits per heavy atom. The Labute approximate surface area is 201 Å². The van der Waals surface area contributed by atoms with Crippen molar-refractivity contribution in [2.24, 2.45) is 0 Å². The second-order valence-corrected chi connectivity index (χ2v) is 9.01. The van der Waals surface area contributed by atoms with Gasteiger partial charge in [-0.05, 0) is 50.2 Å². The number of nitrogens with zero attached hydrogens (tertiary/aromatic N) is 3. The number of rotatable bonds is 5. The minimum Gasteiger partial charge on any atom is -0.360 e. The van der Waals surface area contributed by atoms with Gasteiger partial charge >= 0.3 is 0 Å². The first-order valence-electron chi connectivity index (χ1n) is 10.2. The highest BCUT2D eigenvalue weighted by Gasteiger charge is 2.25. The number of carbonyl (C=O) groups excluding carboxylic acids is 1. The van der Waals surface area contributed by atoms with Gasteiger partial charge in [0.05, 0.1) is 5.69 Å². The molecule has 0 saturated heterocycles. The predicted molar refractivity (Wildman–Crippen MR) is 126 cm³/mol. The minimum absolute atomic E-state index is 0.00518. The molecule has 0 unspecified atom stereocenters. The van der Waals surface area contributed by atoms with Crippen LogP contribution < -0.4 is 10.2 Å². The highest BCUT2D eigenvalue weighted by Crippen LogP contribution is 2.25. The minimum atomic E-state index is -4.11. The zero-order valence-corrected chi connectivity index (χ0v) is 19.4. The number of hydrogen-bond acceptors (Lipinski definition) is 8. The molecular formula is C24H19N5O5S. The standard InChI is InChI=1S/C24H19N5O5S/c1-15-23(16(2)34-28-15)35(32,33)29-22-13-20(24(30)27-31)12-21(26-22)19-9-7-17(8-10-19)5-6-18-4-3-11-25-14-18/h3-4,7-14,31H,1-2H3,(H,26,29)(H,27,30). The van der Waals surface area contributed by atoms with Crippen LogP contribution in [0.2, 0.25) is 0 Å². The maximum absolute atomic E-state index is 12.9. The van der Waals surface area contributed by atoms with Crippen LogP contribution in [0.3, 0.4) is 0 Å². The third-order valence-electron chi connectivity index (χ3n) is 4.86. The Hall–Kier alpha value is -4.53. The van der Waals surface area contributed by atoms with E-state index in [0.29, 0.717) is 11.3 Å². The maximum atomic E-state index is 12.9. The molecule has 1 aromatic carbocycles. The normalized spacial score (nSPS) is 10.8. The lowest BCUT2D eigenvalue weighted by molar-refractivity contribution is 0.0706. The van der Waals surface area contributed by atoms with Crippen molar-refractivity contribution in [3.63, 3.8) is 0 Å². The van der Waals surface area contributed by atoms with E-state index in [1.54, 1.807) is 48.2 Å². The molecular weight excluding hydrogens is 470 g/mol. The van der Waals surface area contributed by atoms with Crippen LogP contribution in [0.15, 0.2) is 70.3 Å². The number of benzene rings is 1. The molecule has 0 spiro atoms.